The molecule has 0 atom stereocenters. The van der Waals surface area contributed by atoms with E-state index in [4.69, 9.17) is 9.84 Å². The molecule has 2 aromatic carbocycles. The molecule has 1 aromatic heterocycles. The second kappa shape index (κ2) is 9.39. The van der Waals surface area contributed by atoms with Crippen LogP contribution in [0.5, 0.6) is 0 Å². The number of amides is 2. The first-order valence-electron chi connectivity index (χ1n) is 10.3. The third-order valence-electron chi connectivity index (χ3n) is 5.40. The summed E-state index contributed by atoms with van der Waals surface area (Å²) in [5.41, 5.74) is 4.73. The van der Waals surface area contributed by atoms with Gasteiger partial charge >= 0.3 is 12.1 Å². The van der Waals surface area contributed by atoms with Crippen LogP contribution in [0.15, 0.2) is 66.2 Å². The molecular weight excluding hydrogens is 424 g/mol. The molecule has 0 saturated carbocycles. The summed E-state index contributed by atoms with van der Waals surface area (Å²) < 4.78 is 5.46. The van der Waals surface area contributed by atoms with Gasteiger partial charge in [-0.1, -0.05) is 54.6 Å². The maximum absolute atomic E-state index is 12.3. The van der Waals surface area contributed by atoms with Crippen molar-refractivity contribution in [2.75, 3.05) is 18.5 Å². The number of nitrogens with one attached hydrogen (secondary N) is 3. The molecule has 1 heterocycles. The van der Waals surface area contributed by atoms with Crippen LogP contribution in [0.25, 0.3) is 11.1 Å². The summed E-state index contributed by atoms with van der Waals surface area (Å²) in [7, 11) is 0. The first kappa shape index (κ1) is 21.8. The number of carboxylic acid groups (broad SMARTS) is 1. The van der Waals surface area contributed by atoms with E-state index in [1.54, 1.807) is 0 Å². The molecule has 1 aliphatic rings. The summed E-state index contributed by atoms with van der Waals surface area (Å²) in [4.78, 5) is 35.2. The van der Waals surface area contributed by atoms with Crippen LogP contribution in [0, 0.1) is 0 Å². The lowest BCUT2D eigenvalue weighted by molar-refractivity contribution is -0.132. The van der Waals surface area contributed by atoms with Gasteiger partial charge in [-0.3, -0.25) is 15.2 Å². The minimum Gasteiger partial charge on any atom is -0.478 e. The van der Waals surface area contributed by atoms with Gasteiger partial charge in [0.25, 0.3) is 5.91 Å². The standard InChI is InChI=1S/C24H22N4O5/c1-14(23(30)31)10-11-25-22(29)20-12-21(28-27-20)26-24(32)33-13-19-17-8-4-2-6-15(17)16-7-3-5-9-18(16)19/h2-10,12,19H,11,13H2,1H3,(H,25,29)(H,30,31)(H2,26,27,28,32)/b14-10+. The Morgan fingerprint density at radius 2 is 1.73 bits per heavy atom. The predicted molar refractivity (Wildman–Crippen MR) is 121 cm³/mol. The Balaban J connectivity index is 1.33. The first-order valence-corrected chi connectivity index (χ1v) is 10.3. The van der Waals surface area contributed by atoms with Gasteiger partial charge in [0.15, 0.2) is 5.82 Å². The topological polar surface area (TPSA) is 133 Å². The Morgan fingerprint density at radius 1 is 1.09 bits per heavy atom. The zero-order valence-corrected chi connectivity index (χ0v) is 17.8. The highest BCUT2D eigenvalue weighted by Crippen LogP contribution is 2.44. The van der Waals surface area contributed by atoms with Crippen LogP contribution >= 0.6 is 0 Å². The molecule has 9 nitrogen and oxygen atoms in total. The number of hydrogen-bond acceptors (Lipinski definition) is 5. The number of rotatable bonds is 7. The van der Waals surface area contributed by atoms with Crippen LogP contribution in [0.3, 0.4) is 0 Å². The normalized spacial score (nSPS) is 12.6. The number of fused-ring (bicyclic) bond motifs is 3. The highest BCUT2D eigenvalue weighted by molar-refractivity contribution is 5.94. The number of H-pyrrole nitrogens is 1. The average Bonchev–Trinajstić information content (AvgIpc) is 3.40. The van der Waals surface area contributed by atoms with Gasteiger partial charge < -0.3 is 15.2 Å². The van der Waals surface area contributed by atoms with Gasteiger partial charge in [0.05, 0.1) is 0 Å². The Labute approximate surface area is 189 Å². The quantitative estimate of drug-likeness (QED) is 0.410. The Hall–Kier alpha value is -4.40. The van der Waals surface area contributed by atoms with E-state index in [9.17, 15) is 14.4 Å². The molecule has 3 aromatic rings. The van der Waals surface area contributed by atoms with Crippen molar-refractivity contribution in [3.05, 3.63) is 83.1 Å². The predicted octanol–water partition coefficient (Wildman–Crippen LogP) is 3.53. The molecule has 0 radical (unpaired) electrons. The molecule has 4 rings (SSSR count). The SMILES string of the molecule is C/C(=C\CNC(=O)c1cc(NC(=O)OCC2c3ccccc3-c3ccccc32)n[nH]1)C(=O)O. The van der Waals surface area contributed by atoms with E-state index in [-0.39, 0.29) is 36.2 Å². The van der Waals surface area contributed by atoms with Gasteiger partial charge in [-0.25, -0.2) is 9.59 Å². The Morgan fingerprint density at radius 3 is 2.36 bits per heavy atom. The Kier molecular flexibility index (Phi) is 6.21. The summed E-state index contributed by atoms with van der Waals surface area (Å²) in [6.45, 7) is 1.64. The molecule has 0 fully saturated rings. The van der Waals surface area contributed by atoms with Gasteiger partial charge in [0, 0.05) is 24.1 Å². The van der Waals surface area contributed by atoms with E-state index in [1.165, 1.54) is 19.1 Å². The van der Waals surface area contributed by atoms with Crippen molar-refractivity contribution >= 4 is 23.8 Å². The molecular formula is C24H22N4O5. The second-order valence-electron chi connectivity index (χ2n) is 7.52. The summed E-state index contributed by atoms with van der Waals surface area (Å²) in [5, 5.41) is 20.3. The zero-order chi connectivity index (χ0) is 23.4. The van der Waals surface area contributed by atoms with Crippen molar-refractivity contribution in [2.24, 2.45) is 0 Å². The van der Waals surface area contributed by atoms with Gasteiger partial charge in [0.2, 0.25) is 0 Å². The van der Waals surface area contributed by atoms with E-state index in [1.807, 2.05) is 36.4 Å². The molecule has 9 heteroatoms. The van der Waals surface area contributed by atoms with Crippen molar-refractivity contribution in [1.29, 1.82) is 0 Å². The fourth-order valence-electron chi connectivity index (χ4n) is 3.72. The number of nitrogens with zero attached hydrogens (tertiary/aromatic N) is 1. The molecule has 0 unspecified atom stereocenters. The minimum absolute atomic E-state index is 0.0468. The van der Waals surface area contributed by atoms with Crippen molar-refractivity contribution in [2.45, 2.75) is 12.8 Å². The molecule has 1 aliphatic carbocycles. The lowest BCUT2D eigenvalue weighted by atomic mass is 9.98. The molecule has 0 spiro atoms. The van der Waals surface area contributed by atoms with Gasteiger partial charge in [0.1, 0.15) is 12.3 Å². The fraction of sp³-hybridized carbons (Fsp3) is 0.167. The fourth-order valence-corrected chi connectivity index (χ4v) is 3.72. The summed E-state index contributed by atoms with van der Waals surface area (Å²) in [5.74, 6) is -1.47. The molecule has 0 bridgehead atoms. The Bertz CT molecular complexity index is 1200. The molecule has 0 saturated heterocycles. The maximum atomic E-state index is 12.3. The van der Waals surface area contributed by atoms with Gasteiger partial charge in [-0.05, 0) is 29.2 Å². The molecule has 0 aliphatic heterocycles. The third-order valence-corrected chi connectivity index (χ3v) is 5.40. The van der Waals surface area contributed by atoms with Crippen molar-refractivity contribution in [3.8, 4) is 11.1 Å². The number of benzene rings is 2. The number of aromatic nitrogens is 2. The van der Waals surface area contributed by atoms with E-state index in [0.717, 1.165) is 22.3 Å². The number of carbonyl (C=O) groups is 3. The van der Waals surface area contributed by atoms with Crippen molar-refractivity contribution in [1.82, 2.24) is 15.5 Å². The summed E-state index contributed by atoms with van der Waals surface area (Å²) in [6.07, 6.45) is 0.697. The van der Waals surface area contributed by atoms with Crippen LogP contribution in [0.1, 0.15) is 34.5 Å². The number of carbonyl (C=O) groups excluding carboxylic acids is 2. The number of aromatic amines is 1. The lowest BCUT2D eigenvalue weighted by Crippen LogP contribution is -2.24. The number of ether oxygens (including phenoxy) is 1. The van der Waals surface area contributed by atoms with Crippen molar-refractivity contribution in [3.63, 3.8) is 0 Å². The van der Waals surface area contributed by atoms with E-state index in [0.29, 0.717) is 0 Å². The lowest BCUT2D eigenvalue weighted by Gasteiger charge is -2.14. The second-order valence-corrected chi connectivity index (χ2v) is 7.52. The van der Waals surface area contributed by atoms with Gasteiger partial charge in [-0.2, -0.15) is 5.10 Å². The van der Waals surface area contributed by atoms with Crippen molar-refractivity contribution < 1.29 is 24.2 Å². The first-order chi connectivity index (χ1) is 15.9. The molecule has 33 heavy (non-hydrogen) atoms. The van der Waals surface area contributed by atoms with Crippen LogP contribution < -0.4 is 10.6 Å². The van der Waals surface area contributed by atoms with Crippen LogP contribution in [-0.4, -0.2) is 46.4 Å². The van der Waals surface area contributed by atoms with Gasteiger partial charge in [-0.15, -0.1) is 0 Å². The smallest absolute Gasteiger partial charge is 0.412 e. The molecule has 2 amide bonds. The number of aliphatic carboxylic acids is 1. The number of hydrogen-bond donors (Lipinski definition) is 4. The van der Waals surface area contributed by atoms with E-state index >= 15 is 0 Å². The van der Waals surface area contributed by atoms with E-state index < -0.39 is 18.0 Å². The summed E-state index contributed by atoms with van der Waals surface area (Å²) in [6, 6.07) is 17.5. The van der Waals surface area contributed by atoms with Crippen LogP contribution in [0.2, 0.25) is 0 Å². The van der Waals surface area contributed by atoms with Crippen LogP contribution in [-0.2, 0) is 9.53 Å². The third kappa shape index (κ3) is 4.77. The number of anilines is 1. The van der Waals surface area contributed by atoms with Crippen LogP contribution in [0.4, 0.5) is 10.6 Å². The monoisotopic (exact) mass is 446 g/mol. The molecule has 4 N–H and O–H groups in total. The number of carboxylic acids is 1. The highest BCUT2D eigenvalue weighted by atomic mass is 16.5. The molecule has 168 valence electrons. The maximum Gasteiger partial charge on any atom is 0.412 e. The van der Waals surface area contributed by atoms with E-state index in [2.05, 4.69) is 33.0 Å². The summed E-state index contributed by atoms with van der Waals surface area (Å²) >= 11 is 0. The average molecular weight is 446 g/mol. The minimum atomic E-state index is -1.06. The zero-order valence-electron chi connectivity index (χ0n) is 17.8. The largest absolute Gasteiger partial charge is 0.478 e. The highest BCUT2D eigenvalue weighted by Gasteiger charge is 2.29.